The van der Waals surface area contributed by atoms with Crippen LogP contribution in [0.25, 0.3) is 11.2 Å². The molecule has 0 fully saturated rings. The van der Waals surface area contributed by atoms with Crippen molar-refractivity contribution in [3.63, 3.8) is 0 Å². The van der Waals surface area contributed by atoms with Crippen molar-refractivity contribution >= 4 is 22.8 Å². The van der Waals surface area contributed by atoms with E-state index in [0.29, 0.717) is 17.9 Å². The van der Waals surface area contributed by atoms with Crippen molar-refractivity contribution in [3.8, 4) is 0 Å². The molecular weight excluding hydrogens is 368 g/mol. The van der Waals surface area contributed by atoms with E-state index < -0.39 is 5.56 Å². The molecule has 4 aromatic rings. The van der Waals surface area contributed by atoms with Crippen LogP contribution in [0, 0.1) is 13.8 Å². The van der Waals surface area contributed by atoms with Crippen LogP contribution in [0.2, 0.25) is 0 Å². The van der Waals surface area contributed by atoms with Gasteiger partial charge in [-0.2, -0.15) is 0 Å². The van der Waals surface area contributed by atoms with Crippen molar-refractivity contribution in [1.29, 1.82) is 0 Å². The lowest BCUT2D eigenvalue weighted by Gasteiger charge is -2.09. The predicted octanol–water partition coefficient (Wildman–Crippen LogP) is 2.29. The van der Waals surface area contributed by atoms with Crippen LogP contribution in [0.5, 0.6) is 0 Å². The van der Waals surface area contributed by atoms with Crippen LogP contribution in [0.15, 0.2) is 59.7 Å². The SMILES string of the molecule is Cc1ccc(Cn2nnc3c(=O)n(CC(=O)Nc4ccccc4C)cnc32)cc1. The highest BCUT2D eigenvalue weighted by atomic mass is 16.2. The van der Waals surface area contributed by atoms with Gasteiger partial charge in [0.2, 0.25) is 5.91 Å². The normalized spacial score (nSPS) is 11.0. The maximum Gasteiger partial charge on any atom is 0.283 e. The Morgan fingerprint density at radius 3 is 2.59 bits per heavy atom. The Bertz CT molecular complexity index is 1240. The molecule has 29 heavy (non-hydrogen) atoms. The molecule has 0 aliphatic rings. The van der Waals surface area contributed by atoms with Gasteiger partial charge in [-0.3, -0.25) is 14.2 Å². The lowest BCUT2D eigenvalue weighted by molar-refractivity contribution is -0.116. The number of carbonyl (C=O) groups excluding carboxylic acids is 1. The number of rotatable bonds is 5. The van der Waals surface area contributed by atoms with E-state index in [1.807, 2.05) is 62.4 Å². The summed E-state index contributed by atoms with van der Waals surface area (Å²) in [6, 6.07) is 15.5. The van der Waals surface area contributed by atoms with E-state index in [-0.39, 0.29) is 18.0 Å². The van der Waals surface area contributed by atoms with Crippen LogP contribution in [0.4, 0.5) is 5.69 Å². The molecule has 8 heteroatoms. The van der Waals surface area contributed by atoms with Gasteiger partial charge in [-0.15, -0.1) is 5.10 Å². The Hall–Kier alpha value is -3.81. The summed E-state index contributed by atoms with van der Waals surface area (Å²) in [7, 11) is 0. The van der Waals surface area contributed by atoms with E-state index in [2.05, 4.69) is 20.6 Å². The third kappa shape index (κ3) is 3.91. The fourth-order valence-corrected chi connectivity index (χ4v) is 3.03. The first-order chi connectivity index (χ1) is 14.0. The van der Waals surface area contributed by atoms with Gasteiger partial charge >= 0.3 is 0 Å². The number of nitrogens with zero attached hydrogens (tertiary/aromatic N) is 5. The summed E-state index contributed by atoms with van der Waals surface area (Å²) in [5, 5.41) is 10.9. The zero-order valence-electron chi connectivity index (χ0n) is 16.2. The molecule has 146 valence electrons. The lowest BCUT2D eigenvalue weighted by Crippen LogP contribution is -2.28. The third-order valence-electron chi connectivity index (χ3n) is 4.68. The summed E-state index contributed by atoms with van der Waals surface area (Å²) in [5.74, 6) is -0.311. The first-order valence-corrected chi connectivity index (χ1v) is 9.21. The number of aryl methyl sites for hydroxylation is 2. The fourth-order valence-electron chi connectivity index (χ4n) is 3.03. The molecule has 0 saturated heterocycles. The number of amides is 1. The monoisotopic (exact) mass is 388 g/mol. The number of carbonyl (C=O) groups is 1. The molecule has 0 saturated carbocycles. The Morgan fingerprint density at radius 1 is 1.07 bits per heavy atom. The second kappa shape index (κ2) is 7.67. The smallest absolute Gasteiger partial charge is 0.283 e. The molecule has 2 aromatic heterocycles. The zero-order chi connectivity index (χ0) is 20.4. The first-order valence-electron chi connectivity index (χ1n) is 9.21. The van der Waals surface area contributed by atoms with Gasteiger partial charge in [-0.1, -0.05) is 53.2 Å². The molecule has 0 aliphatic heterocycles. The summed E-state index contributed by atoms with van der Waals surface area (Å²) in [6.07, 6.45) is 1.36. The van der Waals surface area contributed by atoms with E-state index >= 15 is 0 Å². The topological polar surface area (TPSA) is 94.7 Å². The Labute approximate surface area is 166 Å². The number of fused-ring (bicyclic) bond motifs is 1. The number of benzene rings is 2. The largest absolute Gasteiger partial charge is 0.324 e. The molecule has 1 N–H and O–H groups in total. The fraction of sp³-hybridized carbons (Fsp3) is 0.190. The third-order valence-corrected chi connectivity index (χ3v) is 4.68. The van der Waals surface area contributed by atoms with Gasteiger partial charge in [0.05, 0.1) is 6.54 Å². The van der Waals surface area contributed by atoms with Gasteiger partial charge in [0.25, 0.3) is 5.56 Å². The molecule has 8 nitrogen and oxygen atoms in total. The molecule has 0 aliphatic carbocycles. The lowest BCUT2D eigenvalue weighted by atomic mass is 10.1. The Morgan fingerprint density at radius 2 is 1.83 bits per heavy atom. The number of aromatic nitrogens is 5. The van der Waals surface area contributed by atoms with Crippen LogP contribution < -0.4 is 10.9 Å². The molecule has 0 radical (unpaired) electrons. The van der Waals surface area contributed by atoms with Gasteiger partial charge in [-0.25, -0.2) is 9.67 Å². The highest BCUT2D eigenvalue weighted by molar-refractivity contribution is 5.91. The minimum absolute atomic E-state index is 0.142. The van der Waals surface area contributed by atoms with Crippen molar-refractivity contribution in [1.82, 2.24) is 24.5 Å². The van der Waals surface area contributed by atoms with Gasteiger partial charge in [0.15, 0.2) is 11.2 Å². The number of nitrogens with one attached hydrogen (secondary N) is 1. The van der Waals surface area contributed by atoms with Crippen molar-refractivity contribution in [2.24, 2.45) is 0 Å². The Kier molecular flexibility index (Phi) is 4.90. The van der Waals surface area contributed by atoms with Crippen LogP contribution >= 0.6 is 0 Å². The minimum Gasteiger partial charge on any atom is -0.324 e. The number of anilines is 1. The second-order valence-corrected chi connectivity index (χ2v) is 6.95. The van der Waals surface area contributed by atoms with Gasteiger partial charge in [0.1, 0.15) is 12.9 Å². The summed E-state index contributed by atoms with van der Waals surface area (Å²) >= 11 is 0. The highest BCUT2D eigenvalue weighted by Crippen LogP contribution is 2.13. The van der Waals surface area contributed by atoms with Crippen molar-refractivity contribution < 1.29 is 4.79 Å². The van der Waals surface area contributed by atoms with E-state index in [0.717, 1.165) is 11.1 Å². The molecular formula is C21H20N6O2. The quantitative estimate of drug-likeness (QED) is 0.566. The van der Waals surface area contributed by atoms with E-state index in [1.54, 1.807) is 4.68 Å². The number of hydrogen-bond acceptors (Lipinski definition) is 5. The van der Waals surface area contributed by atoms with Crippen molar-refractivity contribution in [2.75, 3.05) is 5.32 Å². The molecule has 0 atom stereocenters. The number of hydrogen-bond donors (Lipinski definition) is 1. The number of para-hydroxylation sites is 1. The average Bonchev–Trinajstić information content (AvgIpc) is 3.11. The minimum atomic E-state index is -0.398. The van der Waals surface area contributed by atoms with Gasteiger partial charge in [0, 0.05) is 5.69 Å². The first kappa shape index (κ1) is 18.5. The predicted molar refractivity (Wildman–Crippen MR) is 110 cm³/mol. The van der Waals surface area contributed by atoms with E-state index in [1.165, 1.54) is 16.5 Å². The maximum absolute atomic E-state index is 12.7. The Balaban J connectivity index is 1.55. The molecule has 2 heterocycles. The molecule has 0 spiro atoms. The second-order valence-electron chi connectivity index (χ2n) is 6.95. The molecule has 0 bridgehead atoms. The van der Waals surface area contributed by atoms with Crippen LogP contribution in [-0.4, -0.2) is 30.5 Å². The highest BCUT2D eigenvalue weighted by Gasteiger charge is 2.14. The van der Waals surface area contributed by atoms with Gasteiger partial charge in [-0.05, 0) is 31.0 Å². The molecule has 4 rings (SSSR count). The van der Waals surface area contributed by atoms with E-state index in [4.69, 9.17) is 0 Å². The summed E-state index contributed by atoms with van der Waals surface area (Å²) in [6.45, 7) is 4.23. The van der Waals surface area contributed by atoms with Crippen molar-refractivity contribution in [3.05, 3.63) is 81.9 Å². The van der Waals surface area contributed by atoms with Crippen LogP contribution in [0.1, 0.15) is 16.7 Å². The van der Waals surface area contributed by atoms with Crippen LogP contribution in [-0.2, 0) is 17.9 Å². The van der Waals surface area contributed by atoms with Crippen molar-refractivity contribution in [2.45, 2.75) is 26.9 Å². The molecule has 1 amide bonds. The standard InChI is InChI=1S/C21H20N6O2/c1-14-7-9-16(10-8-14)11-27-20-19(24-25-27)21(29)26(13-22-20)12-18(28)23-17-6-4-3-5-15(17)2/h3-10,13H,11-12H2,1-2H3,(H,23,28). The van der Waals surface area contributed by atoms with Crippen LogP contribution in [0.3, 0.4) is 0 Å². The maximum atomic E-state index is 12.7. The summed E-state index contributed by atoms with van der Waals surface area (Å²) in [5.41, 5.74) is 4.00. The molecule has 2 aromatic carbocycles. The average molecular weight is 388 g/mol. The van der Waals surface area contributed by atoms with E-state index in [9.17, 15) is 9.59 Å². The summed E-state index contributed by atoms with van der Waals surface area (Å²) in [4.78, 5) is 29.4. The summed E-state index contributed by atoms with van der Waals surface area (Å²) < 4.78 is 2.82. The molecule has 0 unspecified atom stereocenters. The van der Waals surface area contributed by atoms with Gasteiger partial charge < -0.3 is 5.32 Å². The zero-order valence-corrected chi connectivity index (χ0v) is 16.2.